The summed E-state index contributed by atoms with van der Waals surface area (Å²) in [6.07, 6.45) is 2.58. The topological polar surface area (TPSA) is 39.7 Å². The summed E-state index contributed by atoms with van der Waals surface area (Å²) in [4.78, 5) is 0. The van der Waals surface area contributed by atoms with Crippen molar-refractivity contribution in [2.24, 2.45) is 5.92 Å². The van der Waals surface area contributed by atoms with Gasteiger partial charge in [-0.2, -0.15) is 0 Å². The van der Waals surface area contributed by atoms with E-state index in [1.807, 2.05) is 24.3 Å². The molecular weight excluding hydrogens is 302 g/mol. The molecule has 0 unspecified atom stereocenters. The molecule has 1 heterocycles. The van der Waals surface area contributed by atoms with Crippen LogP contribution in [-0.4, -0.2) is 20.3 Å². The molecule has 126 valence electrons. The zero-order chi connectivity index (χ0) is 16.4. The lowest BCUT2D eigenvalue weighted by molar-refractivity contribution is 0.169. The Hall–Kier alpha value is -2.20. The summed E-state index contributed by atoms with van der Waals surface area (Å²) >= 11 is 0. The lowest BCUT2D eigenvalue weighted by atomic mass is 10.0. The van der Waals surface area contributed by atoms with E-state index in [0.717, 1.165) is 35.3 Å². The molecule has 4 heteroatoms. The van der Waals surface area contributed by atoms with Gasteiger partial charge in [-0.25, -0.2) is 0 Å². The highest BCUT2D eigenvalue weighted by Crippen LogP contribution is 2.42. The molecule has 1 atom stereocenters. The molecule has 1 N–H and O–H groups in total. The second-order valence-electron chi connectivity index (χ2n) is 6.41. The predicted octanol–water partition coefficient (Wildman–Crippen LogP) is 3.71. The number of benzene rings is 2. The summed E-state index contributed by atoms with van der Waals surface area (Å²) in [5.41, 5.74) is 2.48. The molecule has 0 spiro atoms. The van der Waals surface area contributed by atoms with Gasteiger partial charge in [0.25, 0.3) is 0 Å². The number of rotatable bonds is 6. The van der Waals surface area contributed by atoms with Gasteiger partial charge in [0, 0.05) is 18.2 Å². The first-order valence-corrected chi connectivity index (χ1v) is 8.60. The van der Waals surface area contributed by atoms with Crippen molar-refractivity contribution in [3.63, 3.8) is 0 Å². The molecular formula is C20H23NO3. The Labute approximate surface area is 142 Å². The summed E-state index contributed by atoms with van der Waals surface area (Å²) in [6, 6.07) is 14.9. The number of ether oxygens (including phenoxy) is 3. The van der Waals surface area contributed by atoms with Gasteiger partial charge in [-0.05, 0) is 42.5 Å². The normalized spacial score (nSPS) is 17.4. The maximum Gasteiger partial charge on any atom is 0.165 e. The lowest BCUT2D eigenvalue weighted by Crippen LogP contribution is -2.24. The van der Waals surface area contributed by atoms with Crippen molar-refractivity contribution in [3.05, 3.63) is 53.6 Å². The first kappa shape index (κ1) is 15.3. The number of nitrogens with one attached hydrogen (secondary N) is 1. The van der Waals surface area contributed by atoms with Crippen LogP contribution < -0.4 is 19.5 Å². The molecule has 0 amide bonds. The van der Waals surface area contributed by atoms with Crippen molar-refractivity contribution in [1.29, 1.82) is 0 Å². The minimum Gasteiger partial charge on any atom is -0.497 e. The molecule has 1 saturated carbocycles. The summed E-state index contributed by atoms with van der Waals surface area (Å²) in [6.45, 7) is 2.02. The molecule has 0 radical (unpaired) electrons. The smallest absolute Gasteiger partial charge is 0.165 e. The highest BCUT2D eigenvalue weighted by molar-refractivity contribution is 5.47. The number of fused-ring (bicyclic) bond motifs is 1. The zero-order valence-corrected chi connectivity index (χ0v) is 14.0. The van der Waals surface area contributed by atoms with E-state index in [2.05, 4.69) is 23.5 Å². The van der Waals surface area contributed by atoms with Crippen molar-refractivity contribution in [2.45, 2.75) is 25.4 Å². The molecule has 2 aromatic rings. The van der Waals surface area contributed by atoms with Crippen LogP contribution in [0.15, 0.2) is 42.5 Å². The third-order valence-electron chi connectivity index (χ3n) is 4.73. The molecule has 24 heavy (non-hydrogen) atoms. The Balaban J connectivity index is 1.50. The van der Waals surface area contributed by atoms with Gasteiger partial charge in [0.15, 0.2) is 11.5 Å². The van der Waals surface area contributed by atoms with Crippen LogP contribution in [0.1, 0.15) is 30.0 Å². The van der Waals surface area contributed by atoms with Crippen molar-refractivity contribution < 1.29 is 14.2 Å². The molecule has 0 bridgehead atoms. The Morgan fingerprint density at radius 3 is 2.62 bits per heavy atom. The Morgan fingerprint density at radius 2 is 1.88 bits per heavy atom. The Kier molecular flexibility index (Phi) is 4.30. The fraction of sp³-hybridized carbons (Fsp3) is 0.400. The monoisotopic (exact) mass is 325 g/mol. The number of hydrogen-bond acceptors (Lipinski definition) is 4. The van der Waals surface area contributed by atoms with Crippen LogP contribution in [0.25, 0.3) is 0 Å². The summed E-state index contributed by atoms with van der Waals surface area (Å²) in [5, 5.41) is 3.73. The lowest BCUT2D eigenvalue weighted by Gasteiger charge is -2.23. The van der Waals surface area contributed by atoms with Crippen molar-refractivity contribution in [2.75, 3.05) is 20.3 Å². The molecule has 0 saturated heterocycles. The van der Waals surface area contributed by atoms with Crippen LogP contribution in [0.3, 0.4) is 0 Å². The maximum atomic E-state index is 5.82. The van der Waals surface area contributed by atoms with E-state index in [9.17, 15) is 0 Å². The fourth-order valence-electron chi connectivity index (χ4n) is 3.29. The van der Waals surface area contributed by atoms with Gasteiger partial charge in [-0.1, -0.05) is 24.3 Å². The van der Waals surface area contributed by atoms with Crippen LogP contribution in [0.2, 0.25) is 0 Å². The summed E-state index contributed by atoms with van der Waals surface area (Å²) in [5.74, 6) is 3.36. The van der Waals surface area contributed by atoms with Crippen molar-refractivity contribution in [1.82, 2.24) is 5.32 Å². The average molecular weight is 325 g/mol. The maximum absolute atomic E-state index is 5.82. The number of methoxy groups -OCH3 is 1. The molecule has 4 rings (SSSR count). The molecule has 2 aromatic carbocycles. The summed E-state index contributed by atoms with van der Waals surface area (Å²) < 4.78 is 16.8. The van der Waals surface area contributed by atoms with Crippen LogP contribution in [0, 0.1) is 5.92 Å². The SMILES string of the molecule is COc1ccc([C@@H](NCc2cccc3c2OCCO3)C2CC2)cc1. The van der Waals surface area contributed by atoms with Gasteiger partial charge >= 0.3 is 0 Å². The second kappa shape index (κ2) is 6.73. The van der Waals surface area contributed by atoms with Gasteiger partial charge in [0.2, 0.25) is 0 Å². The van der Waals surface area contributed by atoms with Crippen LogP contribution in [-0.2, 0) is 6.54 Å². The second-order valence-corrected chi connectivity index (χ2v) is 6.41. The van der Waals surface area contributed by atoms with Crippen LogP contribution in [0.5, 0.6) is 17.2 Å². The highest BCUT2D eigenvalue weighted by atomic mass is 16.6. The molecule has 1 aliphatic carbocycles. The molecule has 1 aliphatic heterocycles. The first-order chi connectivity index (χ1) is 11.8. The Bertz CT molecular complexity index is 695. The molecule has 1 fully saturated rings. The molecule has 2 aliphatic rings. The van der Waals surface area contributed by atoms with Crippen LogP contribution in [0.4, 0.5) is 0 Å². The third-order valence-corrected chi connectivity index (χ3v) is 4.73. The van der Waals surface area contributed by atoms with Gasteiger partial charge in [0.05, 0.1) is 7.11 Å². The fourth-order valence-corrected chi connectivity index (χ4v) is 3.29. The number of hydrogen-bond donors (Lipinski definition) is 1. The largest absolute Gasteiger partial charge is 0.497 e. The van der Waals surface area contributed by atoms with E-state index in [4.69, 9.17) is 14.2 Å². The standard InChI is InChI=1S/C20H23NO3/c1-22-17-9-7-15(8-10-17)19(14-5-6-14)21-13-16-3-2-4-18-20(16)24-12-11-23-18/h2-4,7-10,14,19,21H,5-6,11-13H2,1H3/t19-/m0/s1. The Morgan fingerprint density at radius 1 is 1.08 bits per heavy atom. The van der Waals surface area contributed by atoms with Gasteiger partial charge in [-0.15, -0.1) is 0 Å². The van der Waals surface area contributed by atoms with E-state index in [-0.39, 0.29) is 0 Å². The van der Waals surface area contributed by atoms with E-state index in [1.165, 1.54) is 18.4 Å². The molecule has 4 nitrogen and oxygen atoms in total. The van der Waals surface area contributed by atoms with Crippen molar-refractivity contribution in [3.8, 4) is 17.2 Å². The predicted molar refractivity (Wildman–Crippen MR) is 92.7 cm³/mol. The minimum absolute atomic E-state index is 0.372. The van der Waals surface area contributed by atoms with Gasteiger partial charge in [-0.3, -0.25) is 0 Å². The quantitative estimate of drug-likeness (QED) is 0.879. The summed E-state index contributed by atoms with van der Waals surface area (Å²) in [7, 11) is 1.70. The first-order valence-electron chi connectivity index (χ1n) is 8.60. The van der Waals surface area contributed by atoms with E-state index >= 15 is 0 Å². The van der Waals surface area contributed by atoms with Gasteiger partial charge < -0.3 is 19.5 Å². The van der Waals surface area contributed by atoms with E-state index in [1.54, 1.807) is 7.11 Å². The van der Waals surface area contributed by atoms with E-state index < -0.39 is 0 Å². The van der Waals surface area contributed by atoms with Crippen LogP contribution >= 0.6 is 0 Å². The van der Waals surface area contributed by atoms with Gasteiger partial charge in [0.1, 0.15) is 19.0 Å². The van der Waals surface area contributed by atoms with Crippen molar-refractivity contribution >= 4 is 0 Å². The zero-order valence-electron chi connectivity index (χ0n) is 14.0. The highest BCUT2D eigenvalue weighted by Gasteiger charge is 2.32. The average Bonchev–Trinajstić information content (AvgIpc) is 3.48. The van der Waals surface area contributed by atoms with E-state index in [0.29, 0.717) is 19.3 Å². The molecule has 0 aromatic heterocycles. The third kappa shape index (κ3) is 3.20. The number of para-hydroxylation sites is 1. The minimum atomic E-state index is 0.372.